The summed E-state index contributed by atoms with van der Waals surface area (Å²) in [5.74, 6) is 0.787. The lowest BCUT2D eigenvalue weighted by Gasteiger charge is -2.22. The lowest BCUT2D eigenvalue weighted by molar-refractivity contribution is 0.395. The van der Waals surface area contributed by atoms with Crippen LogP contribution in [0, 0.1) is 5.92 Å². The van der Waals surface area contributed by atoms with Gasteiger partial charge in [-0.25, -0.2) is 0 Å². The third kappa shape index (κ3) is 2.80. The van der Waals surface area contributed by atoms with Gasteiger partial charge in [0.1, 0.15) is 0 Å². The Morgan fingerprint density at radius 2 is 2.20 bits per heavy atom. The maximum Gasteiger partial charge on any atom is 0.0145 e. The van der Waals surface area contributed by atoms with Crippen molar-refractivity contribution in [1.29, 1.82) is 0 Å². The van der Waals surface area contributed by atoms with E-state index in [4.69, 9.17) is 0 Å². The smallest absolute Gasteiger partial charge is 0.0145 e. The van der Waals surface area contributed by atoms with Crippen LogP contribution in [0.4, 0.5) is 0 Å². The summed E-state index contributed by atoms with van der Waals surface area (Å²) < 4.78 is 0. The summed E-state index contributed by atoms with van der Waals surface area (Å²) in [6, 6.07) is 11.4. The van der Waals surface area contributed by atoms with Gasteiger partial charge in [0.25, 0.3) is 0 Å². The van der Waals surface area contributed by atoms with Crippen LogP contribution in [-0.2, 0) is 6.42 Å². The highest BCUT2D eigenvalue weighted by Crippen LogP contribution is 2.16. The van der Waals surface area contributed by atoms with E-state index in [-0.39, 0.29) is 0 Å². The molecule has 1 aliphatic rings. The molecule has 2 N–H and O–H groups in total. The van der Waals surface area contributed by atoms with Gasteiger partial charge in [0.15, 0.2) is 0 Å². The van der Waals surface area contributed by atoms with Gasteiger partial charge in [0.05, 0.1) is 0 Å². The fourth-order valence-electron chi connectivity index (χ4n) is 2.39. The standard InChI is InChI=1S/C13H20N2/c1-14-13(12-7-8-15-10-12)9-11-5-3-2-4-6-11/h2-6,12-15H,7-10H2,1H3. The molecular weight excluding hydrogens is 184 g/mol. The molecule has 0 radical (unpaired) electrons. The molecule has 1 fully saturated rings. The van der Waals surface area contributed by atoms with E-state index in [0.29, 0.717) is 6.04 Å². The molecule has 1 aliphatic heterocycles. The maximum atomic E-state index is 3.45. The van der Waals surface area contributed by atoms with Crippen molar-refractivity contribution in [2.45, 2.75) is 18.9 Å². The molecule has 0 saturated carbocycles. The van der Waals surface area contributed by atoms with Gasteiger partial charge in [-0.2, -0.15) is 0 Å². The molecule has 15 heavy (non-hydrogen) atoms. The maximum absolute atomic E-state index is 3.45. The van der Waals surface area contributed by atoms with Crippen molar-refractivity contribution in [3.8, 4) is 0 Å². The predicted octanol–water partition coefficient (Wildman–Crippen LogP) is 1.43. The second kappa shape index (κ2) is 5.29. The van der Waals surface area contributed by atoms with Crippen LogP contribution in [0.25, 0.3) is 0 Å². The van der Waals surface area contributed by atoms with Crippen LogP contribution in [0.5, 0.6) is 0 Å². The first kappa shape index (κ1) is 10.7. The van der Waals surface area contributed by atoms with Crippen molar-refractivity contribution in [2.75, 3.05) is 20.1 Å². The quantitative estimate of drug-likeness (QED) is 0.775. The first-order valence-corrected chi connectivity index (χ1v) is 5.82. The Labute approximate surface area is 92.1 Å². The van der Waals surface area contributed by atoms with Gasteiger partial charge in [-0.15, -0.1) is 0 Å². The monoisotopic (exact) mass is 204 g/mol. The van der Waals surface area contributed by atoms with Crippen molar-refractivity contribution >= 4 is 0 Å². The molecule has 1 saturated heterocycles. The first-order chi connectivity index (χ1) is 7.40. The summed E-state index contributed by atoms with van der Waals surface area (Å²) in [4.78, 5) is 0. The fourth-order valence-corrected chi connectivity index (χ4v) is 2.39. The Morgan fingerprint density at radius 1 is 1.40 bits per heavy atom. The molecule has 1 heterocycles. The van der Waals surface area contributed by atoms with Gasteiger partial charge in [-0.3, -0.25) is 0 Å². The minimum atomic E-state index is 0.613. The van der Waals surface area contributed by atoms with Crippen molar-refractivity contribution < 1.29 is 0 Å². The molecular formula is C13H20N2. The van der Waals surface area contributed by atoms with Gasteiger partial charge < -0.3 is 10.6 Å². The topological polar surface area (TPSA) is 24.1 Å². The van der Waals surface area contributed by atoms with Crippen LogP contribution in [0.15, 0.2) is 30.3 Å². The van der Waals surface area contributed by atoms with E-state index in [0.717, 1.165) is 12.3 Å². The highest BCUT2D eigenvalue weighted by atomic mass is 15.0. The number of benzene rings is 1. The van der Waals surface area contributed by atoms with E-state index < -0.39 is 0 Å². The highest BCUT2D eigenvalue weighted by molar-refractivity contribution is 5.16. The molecule has 1 aromatic carbocycles. The molecule has 2 unspecified atom stereocenters. The zero-order valence-electron chi connectivity index (χ0n) is 9.37. The van der Waals surface area contributed by atoms with E-state index in [1.54, 1.807) is 0 Å². The van der Waals surface area contributed by atoms with E-state index >= 15 is 0 Å². The molecule has 0 amide bonds. The summed E-state index contributed by atoms with van der Waals surface area (Å²) in [6.45, 7) is 2.34. The van der Waals surface area contributed by atoms with Crippen LogP contribution in [0.2, 0.25) is 0 Å². The van der Waals surface area contributed by atoms with Gasteiger partial charge >= 0.3 is 0 Å². The van der Waals surface area contributed by atoms with Crippen LogP contribution in [0.3, 0.4) is 0 Å². The molecule has 2 nitrogen and oxygen atoms in total. The summed E-state index contributed by atoms with van der Waals surface area (Å²) >= 11 is 0. The molecule has 2 rings (SSSR count). The van der Waals surface area contributed by atoms with Gasteiger partial charge in [0, 0.05) is 6.04 Å². The SMILES string of the molecule is CNC(Cc1ccccc1)C1CCNC1. The van der Waals surface area contributed by atoms with E-state index in [2.05, 4.69) is 48.0 Å². The Morgan fingerprint density at radius 3 is 2.80 bits per heavy atom. The van der Waals surface area contributed by atoms with Crippen molar-refractivity contribution in [1.82, 2.24) is 10.6 Å². The molecule has 0 aliphatic carbocycles. The number of hydrogen-bond acceptors (Lipinski definition) is 2. The normalized spacial score (nSPS) is 22.9. The Kier molecular flexibility index (Phi) is 3.75. The number of hydrogen-bond donors (Lipinski definition) is 2. The molecule has 82 valence electrons. The Hall–Kier alpha value is -0.860. The summed E-state index contributed by atoms with van der Waals surface area (Å²) in [5.41, 5.74) is 1.43. The molecule has 1 aromatic rings. The largest absolute Gasteiger partial charge is 0.316 e. The van der Waals surface area contributed by atoms with E-state index in [1.165, 1.54) is 25.1 Å². The third-order valence-corrected chi connectivity index (χ3v) is 3.34. The second-order valence-electron chi connectivity index (χ2n) is 4.34. The molecule has 0 spiro atoms. The predicted molar refractivity (Wildman–Crippen MR) is 64.0 cm³/mol. The van der Waals surface area contributed by atoms with Gasteiger partial charge in [-0.1, -0.05) is 30.3 Å². The van der Waals surface area contributed by atoms with Crippen molar-refractivity contribution in [2.24, 2.45) is 5.92 Å². The third-order valence-electron chi connectivity index (χ3n) is 3.34. The minimum absolute atomic E-state index is 0.613. The average molecular weight is 204 g/mol. The fraction of sp³-hybridized carbons (Fsp3) is 0.538. The zero-order chi connectivity index (χ0) is 10.5. The molecule has 2 atom stereocenters. The van der Waals surface area contributed by atoms with Crippen molar-refractivity contribution in [3.63, 3.8) is 0 Å². The molecule has 2 heteroatoms. The lowest BCUT2D eigenvalue weighted by Crippen LogP contribution is -2.36. The Balaban J connectivity index is 1.96. The highest BCUT2D eigenvalue weighted by Gasteiger charge is 2.23. The van der Waals surface area contributed by atoms with Crippen LogP contribution in [0.1, 0.15) is 12.0 Å². The minimum Gasteiger partial charge on any atom is -0.316 e. The summed E-state index contributed by atoms with van der Waals surface area (Å²) in [6.07, 6.45) is 2.45. The molecule has 0 bridgehead atoms. The van der Waals surface area contributed by atoms with Crippen LogP contribution in [-0.4, -0.2) is 26.2 Å². The van der Waals surface area contributed by atoms with Gasteiger partial charge in [-0.05, 0) is 44.5 Å². The summed E-state index contributed by atoms with van der Waals surface area (Å²) in [7, 11) is 2.08. The number of likely N-dealkylation sites (N-methyl/N-ethyl adjacent to an activating group) is 1. The first-order valence-electron chi connectivity index (χ1n) is 5.82. The summed E-state index contributed by atoms with van der Waals surface area (Å²) in [5, 5.41) is 6.89. The van der Waals surface area contributed by atoms with Crippen molar-refractivity contribution in [3.05, 3.63) is 35.9 Å². The van der Waals surface area contributed by atoms with Crippen LogP contribution < -0.4 is 10.6 Å². The average Bonchev–Trinajstić information content (AvgIpc) is 2.81. The van der Waals surface area contributed by atoms with Crippen LogP contribution >= 0.6 is 0 Å². The lowest BCUT2D eigenvalue weighted by atomic mass is 9.93. The van der Waals surface area contributed by atoms with E-state index in [9.17, 15) is 0 Å². The van der Waals surface area contributed by atoms with E-state index in [1.807, 2.05) is 0 Å². The van der Waals surface area contributed by atoms with Gasteiger partial charge in [0.2, 0.25) is 0 Å². The zero-order valence-corrected chi connectivity index (χ0v) is 9.37. The Bertz CT molecular complexity index is 278. The molecule has 0 aromatic heterocycles. The second-order valence-corrected chi connectivity index (χ2v) is 4.34. The number of nitrogens with one attached hydrogen (secondary N) is 2. The number of rotatable bonds is 4.